The van der Waals surface area contributed by atoms with Crippen LogP contribution in [-0.2, 0) is 5.60 Å². The number of likely N-dealkylation sites (tertiary alicyclic amines) is 1. The van der Waals surface area contributed by atoms with E-state index in [-0.39, 0.29) is 12.0 Å². The quantitative estimate of drug-likeness (QED) is 0.576. The minimum absolute atomic E-state index is 0.112. The minimum atomic E-state index is -0.864. The molecule has 174 valence electrons. The fourth-order valence-electron chi connectivity index (χ4n) is 5.30. The van der Waals surface area contributed by atoms with Crippen LogP contribution < -0.4 is 0 Å². The molecule has 1 heterocycles. The van der Waals surface area contributed by atoms with Crippen molar-refractivity contribution in [3.05, 3.63) is 95.6 Å². The smallest absolute Gasteiger partial charge is 0.0883 e. The lowest BCUT2D eigenvalue weighted by atomic mass is 9.85. The minimum Gasteiger partial charge on any atom is -0.400 e. The monoisotopic (exact) mass is 443 g/mol. The number of hydrogen-bond donors (Lipinski definition) is 2. The molecule has 1 aliphatic heterocycles. The van der Waals surface area contributed by atoms with Crippen LogP contribution in [0.3, 0.4) is 0 Å². The normalized spacial score (nSPS) is 24.6. The van der Waals surface area contributed by atoms with Gasteiger partial charge in [0.15, 0.2) is 0 Å². The van der Waals surface area contributed by atoms with Crippen LogP contribution in [0, 0.1) is 24.7 Å². The summed E-state index contributed by atoms with van der Waals surface area (Å²) in [5, 5.41) is 18.4. The molecule has 0 radical (unpaired) electrons. The Kier molecular flexibility index (Phi) is 8.69. The van der Waals surface area contributed by atoms with Crippen LogP contribution >= 0.6 is 0 Å². The van der Waals surface area contributed by atoms with Gasteiger partial charge in [-0.15, -0.1) is 0 Å². The zero-order valence-electron chi connectivity index (χ0n) is 20.3. The first kappa shape index (κ1) is 25.0. The number of nitrogens with zero attached hydrogens (tertiary/aromatic N) is 1. The van der Waals surface area contributed by atoms with Crippen molar-refractivity contribution in [2.75, 3.05) is 7.11 Å². The Hall–Kier alpha value is -2.64. The molecular weight excluding hydrogens is 406 g/mol. The molecule has 4 rings (SSSR count). The topological polar surface area (TPSA) is 43.7 Å². The van der Waals surface area contributed by atoms with Crippen molar-refractivity contribution in [2.45, 2.75) is 63.8 Å². The second-order valence-corrected chi connectivity index (χ2v) is 9.23. The van der Waals surface area contributed by atoms with E-state index < -0.39 is 5.60 Å². The van der Waals surface area contributed by atoms with Gasteiger partial charge in [0.1, 0.15) is 0 Å². The molecule has 2 aliphatic rings. The number of rotatable bonds is 6. The standard InChI is InChI=1S/C29H33NO.CH4O/c1-22-13-11-12-18-27(22)28(24-14-7-4-5-8-15-24)30-23(2)19-20-26(30)21-29(3,31)25-16-9-6-10-17-25;1-2/h4-7,9-14,16-18,23-24,26,28,31H,19-21H2,1-3H3;2H,1H3. The molecule has 0 spiro atoms. The van der Waals surface area contributed by atoms with Crippen LogP contribution in [0.4, 0.5) is 0 Å². The highest BCUT2D eigenvalue weighted by Crippen LogP contribution is 2.43. The van der Waals surface area contributed by atoms with Crippen molar-refractivity contribution in [3.8, 4) is 11.8 Å². The van der Waals surface area contributed by atoms with E-state index in [1.807, 2.05) is 49.4 Å². The molecule has 0 bridgehead atoms. The third-order valence-electron chi connectivity index (χ3n) is 6.90. The van der Waals surface area contributed by atoms with Gasteiger partial charge < -0.3 is 10.2 Å². The molecule has 2 aromatic carbocycles. The van der Waals surface area contributed by atoms with E-state index in [1.54, 1.807) is 0 Å². The van der Waals surface area contributed by atoms with Crippen molar-refractivity contribution < 1.29 is 10.2 Å². The lowest BCUT2D eigenvalue weighted by molar-refractivity contribution is 0.00501. The first-order chi connectivity index (χ1) is 16.0. The highest BCUT2D eigenvalue weighted by Gasteiger charge is 2.42. The van der Waals surface area contributed by atoms with Crippen molar-refractivity contribution in [1.29, 1.82) is 0 Å². The molecule has 2 aromatic rings. The van der Waals surface area contributed by atoms with Crippen LogP contribution in [0.5, 0.6) is 0 Å². The Balaban J connectivity index is 0.00000149. The molecule has 1 aliphatic carbocycles. The van der Waals surface area contributed by atoms with Gasteiger partial charge in [0.05, 0.1) is 17.6 Å². The molecule has 5 unspecified atom stereocenters. The van der Waals surface area contributed by atoms with E-state index in [0.29, 0.717) is 18.5 Å². The number of benzene rings is 2. The number of hydrogen-bond acceptors (Lipinski definition) is 3. The molecule has 0 saturated carbocycles. The molecule has 5 atom stereocenters. The first-order valence-electron chi connectivity index (χ1n) is 11.9. The van der Waals surface area contributed by atoms with Gasteiger partial charge in [-0.25, -0.2) is 0 Å². The van der Waals surface area contributed by atoms with Crippen molar-refractivity contribution in [1.82, 2.24) is 4.90 Å². The lowest BCUT2D eigenvalue weighted by Gasteiger charge is -2.41. The fourth-order valence-corrected chi connectivity index (χ4v) is 5.30. The summed E-state index contributed by atoms with van der Waals surface area (Å²) in [6.07, 6.45) is 11.2. The first-order valence-corrected chi connectivity index (χ1v) is 11.9. The average Bonchev–Trinajstić information content (AvgIpc) is 3.02. The lowest BCUT2D eigenvalue weighted by Crippen LogP contribution is -2.44. The Morgan fingerprint density at radius 2 is 1.73 bits per heavy atom. The molecule has 33 heavy (non-hydrogen) atoms. The Morgan fingerprint density at radius 3 is 2.45 bits per heavy atom. The molecule has 1 saturated heterocycles. The number of aliphatic hydroxyl groups excluding tert-OH is 1. The van der Waals surface area contributed by atoms with Crippen molar-refractivity contribution >= 4 is 0 Å². The molecule has 0 amide bonds. The maximum atomic E-state index is 11.4. The zero-order chi connectivity index (χ0) is 23.8. The average molecular weight is 444 g/mol. The van der Waals surface area contributed by atoms with E-state index in [4.69, 9.17) is 5.11 Å². The van der Waals surface area contributed by atoms with Gasteiger partial charge in [0.2, 0.25) is 0 Å². The summed E-state index contributed by atoms with van der Waals surface area (Å²) in [4.78, 5) is 2.65. The van der Waals surface area contributed by atoms with Gasteiger partial charge in [-0.05, 0) is 62.8 Å². The summed E-state index contributed by atoms with van der Waals surface area (Å²) in [6, 6.07) is 19.7. The third kappa shape index (κ3) is 5.84. The highest BCUT2D eigenvalue weighted by atomic mass is 16.3. The SMILES string of the molecule is CO.Cc1ccccc1C(C1C#CC=CC=C1)N1C(C)CCC1CC(C)(O)c1ccccc1. The van der Waals surface area contributed by atoms with E-state index in [0.717, 1.165) is 25.5 Å². The predicted octanol–water partition coefficient (Wildman–Crippen LogP) is 5.54. The number of allylic oxidation sites excluding steroid dienone is 3. The summed E-state index contributed by atoms with van der Waals surface area (Å²) in [7, 11) is 1.00. The maximum Gasteiger partial charge on any atom is 0.0883 e. The van der Waals surface area contributed by atoms with Crippen LogP contribution in [-0.4, -0.2) is 34.3 Å². The van der Waals surface area contributed by atoms with Crippen LogP contribution in [0.15, 0.2) is 78.9 Å². The summed E-state index contributed by atoms with van der Waals surface area (Å²) in [6.45, 7) is 6.49. The fraction of sp³-hybridized carbons (Fsp3) is 0.400. The molecule has 3 heteroatoms. The Labute approximate surface area is 199 Å². The maximum absolute atomic E-state index is 11.4. The second kappa shape index (κ2) is 11.5. The Morgan fingerprint density at radius 1 is 1.03 bits per heavy atom. The molecule has 2 N–H and O–H groups in total. The molecule has 1 fully saturated rings. The van der Waals surface area contributed by atoms with Gasteiger partial charge >= 0.3 is 0 Å². The summed E-state index contributed by atoms with van der Waals surface area (Å²) in [5.41, 5.74) is 2.76. The predicted molar refractivity (Wildman–Crippen MR) is 137 cm³/mol. The van der Waals surface area contributed by atoms with E-state index in [9.17, 15) is 5.11 Å². The van der Waals surface area contributed by atoms with Crippen LogP contribution in [0.1, 0.15) is 55.8 Å². The van der Waals surface area contributed by atoms with Gasteiger partial charge in [-0.3, -0.25) is 4.90 Å². The third-order valence-corrected chi connectivity index (χ3v) is 6.90. The van der Waals surface area contributed by atoms with Gasteiger partial charge in [-0.2, -0.15) is 0 Å². The Bertz CT molecular complexity index is 1010. The van der Waals surface area contributed by atoms with Gasteiger partial charge in [-0.1, -0.05) is 84.7 Å². The summed E-state index contributed by atoms with van der Waals surface area (Å²) in [5.74, 6) is 6.83. The van der Waals surface area contributed by atoms with Crippen molar-refractivity contribution in [3.63, 3.8) is 0 Å². The zero-order valence-corrected chi connectivity index (χ0v) is 20.3. The van der Waals surface area contributed by atoms with E-state index in [2.05, 4.69) is 67.0 Å². The van der Waals surface area contributed by atoms with Crippen molar-refractivity contribution in [2.24, 2.45) is 5.92 Å². The van der Waals surface area contributed by atoms with Gasteiger partial charge in [0, 0.05) is 19.2 Å². The number of aliphatic hydroxyl groups is 2. The van der Waals surface area contributed by atoms with Crippen LogP contribution in [0.25, 0.3) is 0 Å². The van der Waals surface area contributed by atoms with Gasteiger partial charge in [0.25, 0.3) is 0 Å². The summed E-state index contributed by atoms with van der Waals surface area (Å²) < 4.78 is 0. The van der Waals surface area contributed by atoms with E-state index in [1.165, 1.54) is 11.1 Å². The molecule has 0 aromatic heterocycles. The largest absolute Gasteiger partial charge is 0.400 e. The molecular formula is C30H37NO2. The summed E-state index contributed by atoms with van der Waals surface area (Å²) >= 11 is 0. The number of aryl methyl sites for hydroxylation is 1. The van der Waals surface area contributed by atoms with E-state index >= 15 is 0 Å². The second-order valence-electron chi connectivity index (χ2n) is 9.23. The van der Waals surface area contributed by atoms with Crippen LogP contribution in [0.2, 0.25) is 0 Å². The highest BCUT2D eigenvalue weighted by molar-refractivity contribution is 5.36. The molecule has 3 nitrogen and oxygen atoms in total.